The van der Waals surface area contributed by atoms with Crippen LogP contribution in [0, 0.1) is 0 Å². The third-order valence-corrected chi connectivity index (χ3v) is 4.26. The molecule has 0 bridgehead atoms. The molecular weight excluding hydrogens is 344 g/mol. The predicted octanol–water partition coefficient (Wildman–Crippen LogP) is 2.59. The third-order valence-electron chi connectivity index (χ3n) is 3.98. The van der Waals surface area contributed by atoms with Gasteiger partial charge in [-0.3, -0.25) is 9.69 Å². The molecule has 6 nitrogen and oxygen atoms in total. The van der Waals surface area contributed by atoms with Gasteiger partial charge in [0.2, 0.25) is 0 Å². The Hall–Kier alpha value is -1.50. The Labute approximate surface area is 154 Å². The summed E-state index contributed by atoms with van der Waals surface area (Å²) in [6.07, 6.45) is 1.76. The smallest absolute Gasteiger partial charge is 0.251 e. The van der Waals surface area contributed by atoms with Crippen molar-refractivity contribution in [3.63, 3.8) is 0 Å². The van der Waals surface area contributed by atoms with Gasteiger partial charge in [0.25, 0.3) is 5.91 Å². The molecule has 1 amide bonds. The van der Waals surface area contributed by atoms with Crippen molar-refractivity contribution in [1.29, 1.82) is 0 Å². The van der Waals surface area contributed by atoms with Crippen LogP contribution >= 0.6 is 11.6 Å². The summed E-state index contributed by atoms with van der Waals surface area (Å²) in [5.74, 6) is 0.790. The molecule has 140 valence electrons. The van der Waals surface area contributed by atoms with Crippen LogP contribution in [-0.2, 0) is 4.74 Å². The van der Waals surface area contributed by atoms with Crippen LogP contribution in [0.2, 0.25) is 5.02 Å². The van der Waals surface area contributed by atoms with Crippen molar-refractivity contribution < 1.29 is 19.0 Å². The van der Waals surface area contributed by atoms with Gasteiger partial charge in [-0.1, -0.05) is 18.5 Å². The minimum Gasteiger partial charge on any atom is -0.493 e. The molecule has 0 unspecified atom stereocenters. The van der Waals surface area contributed by atoms with Crippen LogP contribution in [0.1, 0.15) is 30.1 Å². The molecular formula is C18H27ClN2O4. The number of ether oxygens (including phenoxy) is 3. The molecule has 0 saturated carbocycles. The van der Waals surface area contributed by atoms with Gasteiger partial charge in [0, 0.05) is 25.2 Å². The van der Waals surface area contributed by atoms with Gasteiger partial charge in [0.15, 0.2) is 11.5 Å². The van der Waals surface area contributed by atoms with Crippen molar-refractivity contribution in [1.82, 2.24) is 10.2 Å². The van der Waals surface area contributed by atoms with E-state index < -0.39 is 0 Å². The number of nitrogens with zero attached hydrogens (tertiary/aromatic N) is 1. The molecule has 1 N–H and O–H groups in total. The van der Waals surface area contributed by atoms with Gasteiger partial charge in [-0.25, -0.2) is 0 Å². The summed E-state index contributed by atoms with van der Waals surface area (Å²) in [5.41, 5.74) is 0.470. The maximum absolute atomic E-state index is 12.3. The number of rotatable bonds is 9. The Bertz CT molecular complexity index is 562. The molecule has 1 heterocycles. The summed E-state index contributed by atoms with van der Waals surface area (Å²) < 4.78 is 16.2. The molecule has 0 radical (unpaired) electrons. The van der Waals surface area contributed by atoms with Crippen LogP contribution in [0.15, 0.2) is 12.1 Å². The van der Waals surface area contributed by atoms with Crippen LogP contribution in [0.4, 0.5) is 0 Å². The van der Waals surface area contributed by atoms with Gasteiger partial charge >= 0.3 is 0 Å². The van der Waals surface area contributed by atoms with Gasteiger partial charge in [0.05, 0.1) is 32.0 Å². The molecule has 25 heavy (non-hydrogen) atoms. The lowest BCUT2D eigenvalue weighted by atomic mass is 10.2. The molecule has 0 aromatic heterocycles. The maximum atomic E-state index is 12.3. The van der Waals surface area contributed by atoms with Gasteiger partial charge in [0.1, 0.15) is 0 Å². The Morgan fingerprint density at radius 2 is 2.12 bits per heavy atom. The molecule has 0 atom stereocenters. The molecule has 0 spiro atoms. The Morgan fingerprint density at radius 1 is 1.36 bits per heavy atom. The van der Waals surface area contributed by atoms with Gasteiger partial charge in [-0.15, -0.1) is 0 Å². The second kappa shape index (κ2) is 10.5. The van der Waals surface area contributed by atoms with Crippen LogP contribution in [0.5, 0.6) is 11.5 Å². The number of benzene rings is 1. The van der Waals surface area contributed by atoms with E-state index in [2.05, 4.69) is 10.2 Å². The number of methoxy groups -OCH3 is 1. The normalized spacial score (nSPS) is 15.0. The van der Waals surface area contributed by atoms with Crippen LogP contribution < -0.4 is 14.8 Å². The quantitative estimate of drug-likeness (QED) is 0.677. The van der Waals surface area contributed by atoms with Crippen molar-refractivity contribution in [2.75, 3.05) is 53.1 Å². The fourth-order valence-electron chi connectivity index (χ4n) is 2.63. The predicted molar refractivity (Wildman–Crippen MR) is 98.0 cm³/mol. The lowest BCUT2D eigenvalue weighted by Gasteiger charge is -2.26. The first-order valence-corrected chi connectivity index (χ1v) is 9.12. The monoisotopic (exact) mass is 370 g/mol. The number of amides is 1. The highest BCUT2D eigenvalue weighted by atomic mass is 35.5. The Kier molecular flexibility index (Phi) is 8.31. The molecule has 1 fully saturated rings. The minimum atomic E-state index is -0.163. The number of nitrogens with one attached hydrogen (secondary N) is 1. The zero-order valence-electron chi connectivity index (χ0n) is 15.0. The molecule has 1 aliphatic heterocycles. The highest BCUT2D eigenvalue weighted by Crippen LogP contribution is 2.36. The first kappa shape index (κ1) is 19.8. The molecule has 0 aliphatic carbocycles. The molecule has 7 heteroatoms. The minimum absolute atomic E-state index is 0.163. The van der Waals surface area contributed by atoms with Crippen molar-refractivity contribution >= 4 is 17.5 Å². The summed E-state index contributed by atoms with van der Waals surface area (Å²) in [7, 11) is 1.54. The summed E-state index contributed by atoms with van der Waals surface area (Å²) in [4.78, 5) is 14.7. The summed E-state index contributed by atoms with van der Waals surface area (Å²) in [6.45, 7) is 7.62. The fourth-order valence-corrected chi connectivity index (χ4v) is 2.89. The van der Waals surface area contributed by atoms with Crippen LogP contribution in [-0.4, -0.2) is 63.9 Å². The average molecular weight is 371 g/mol. The molecule has 1 saturated heterocycles. The van der Waals surface area contributed by atoms with E-state index in [1.807, 2.05) is 6.92 Å². The number of carbonyl (C=O) groups is 1. The van der Waals surface area contributed by atoms with Crippen LogP contribution in [0.25, 0.3) is 0 Å². The topological polar surface area (TPSA) is 60.0 Å². The van der Waals surface area contributed by atoms with E-state index in [0.29, 0.717) is 35.2 Å². The van der Waals surface area contributed by atoms with Crippen molar-refractivity contribution in [3.05, 3.63) is 22.7 Å². The van der Waals surface area contributed by atoms with Gasteiger partial charge in [-0.05, 0) is 31.5 Å². The SMILES string of the molecule is CCCOc1c(Cl)cc(C(=O)NCCCN2CCOCC2)cc1OC. The van der Waals surface area contributed by atoms with E-state index in [9.17, 15) is 4.79 Å². The van der Waals surface area contributed by atoms with Crippen LogP contribution in [0.3, 0.4) is 0 Å². The number of hydrogen-bond donors (Lipinski definition) is 1. The van der Waals surface area contributed by atoms with Gasteiger partial charge in [-0.2, -0.15) is 0 Å². The first-order chi connectivity index (χ1) is 12.2. The van der Waals surface area contributed by atoms with Gasteiger partial charge < -0.3 is 19.5 Å². The van der Waals surface area contributed by atoms with E-state index >= 15 is 0 Å². The number of halogens is 1. The Balaban J connectivity index is 1.86. The average Bonchev–Trinajstić information content (AvgIpc) is 2.64. The molecule has 1 aromatic rings. The van der Waals surface area contributed by atoms with Crippen molar-refractivity contribution in [2.24, 2.45) is 0 Å². The maximum Gasteiger partial charge on any atom is 0.251 e. The second-order valence-electron chi connectivity index (χ2n) is 5.90. The van der Waals surface area contributed by atoms with E-state index in [1.54, 1.807) is 12.1 Å². The zero-order chi connectivity index (χ0) is 18.1. The summed E-state index contributed by atoms with van der Waals surface area (Å²) >= 11 is 6.25. The highest BCUT2D eigenvalue weighted by Gasteiger charge is 2.16. The molecule has 1 aliphatic rings. The van der Waals surface area contributed by atoms with E-state index in [0.717, 1.165) is 45.7 Å². The molecule has 2 rings (SSSR count). The number of carbonyl (C=O) groups excluding carboxylic acids is 1. The standard InChI is InChI=1S/C18H27ClN2O4/c1-3-9-25-17-15(19)12-14(13-16(17)23-2)18(22)20-5-4-6-21-7-10-24-11-8-21/h12-13H,3-11H2,1-2H3,(H,20,22). The third kappa shape index (κ3) is 6.06. The number of hydrogen-bond acceptors (Lipinski definition) is 5. The van der Waals surface area contributed by atoms with Crippen molar-refractivity contribution in [3.8, 4) is 11.5 Å². The lowest BCUT2D eigenvalue weighted by molar-refractivity contribution is 0.0374. The largest absolute Gasteiger partial charge is 0.493 e. The van der Waals surface area contributed by atoms with E-state index in [4.69, 9.17) is 25.8 Å². The van der Waals surface area contributed by atoms with Crippen molar-refractivity contribution in [2.45, 2.75) is 19.8 Å². The molecule has 1 aromatic carbocycles. The first-order valence-electron chi connectivity index (χ1n) is 8.74. The highest BCUT2D eigenvalue weighted by molar-refractivity contribution is 6.32. The zero-order valence-corrected chi connectivity index (χ0v) is 15.7. The summed E-state index contributed by atoms with van der Waals surface area (Å²) in [5, 5.41) is 3.31. The van der Waals surface area contributed by atoms with E-state index in [1.165, 1.54) is 7.11 Å². The fraction of sp³-hybridized carbons (Fsp3) is 0.611. The Morgan fingerprint density at radius 3 is 2.80 bits per heavy atom. The van der Waals surface area contributed by atoms with E-state index in [-0.39, 0.29) is 5.91 Å². The lowest BCUT2D eigenvalue weighted by Crippen LogP contribution is -2.38. The number of morpholine rings is 1. The second-order valence-corrected chi connectivity index (χ2v) is 6.31. The summed E-state index contributed by atoms with van der Waals surface area (Å²) in [6, 6.07) is 3.28.